The summed E-state index contributed by atoms with van der Waals surface area (Å²) in [6.45, 7) is 7.29. The normalized spacial score (nSPS) is 11.1. The Morgan fingerprint density at radius 3 is 2.47 bits per heavy atom. The van der Waals surface area contributed by atoms with Gasteiger partial charge in [0.1, 0.15) is 0 Å². The van der Waals surface area contributed by atoms with Gasteiger partial charge in [0.2, 0.25) is 5.91 Å². The summed E-state index contributed by atoms with van der Waals surface area (Å²) in [5.74, 6) is 0.0407. The molecule has 8 heteroatoms. The average molecular weight is 448 g/mol. The largest absolute Gasteiger partial charge is 0.339 e. The van der Waals surface area contributed by atoms with Gasteiger partial charge in [0.15, 0.2) is 10.8 Å². The predicted octanol–water partition coefficient (Wildman–Crippen LogP) is 4.40. The molecule has 2 aromatic carbocycles. The number of hydrogen-bond donors (Lipinski definition) is 1. The van der Waals surface area contributed by atoms with E-state index in [0.717, 1.165) is 22.1 Å². The lowest BCUT2D eigenvalue weighted by Crippen LogP contribution is -2.30. The minimum atomic E-state index is -0.147. The Labute approximate surface area is 190 Å². The number of nitrogens with zero attached hydrogens (tertiary/aromatic N) is 4. The van der Waals surface area contributed by atoms with Gasteiger partial charge in [-0.25, -0.2) is 0 Å². The average Bonchev–Trinajstić information content (AvgIpc) is 3.22. The van der Waals surface area contributed by atoms with Crippen LogP contribution in [0.25, 0.3) is 16.6 Å². The first-order chi connectivity index (χ1) is 15.5. The molecule has 1 N–H and O–H groups in total. The zero-order chi connectivity index (χ0) is 22.7. The molecule has 0 saturated carbocycles. The van der Waals surface area contributed by atoms with E-state index < -0.39 is 0 Å². The Morgan fingerprint density at radius 1 is 1.03 bits per heavy atom. The first kappa shape index (κ1) is 21.8. The van der Waals surface area contributed by atoms with Gasteiger partial charge in [-0.3, -0.25) is 14.0 Å². The summed E-state index contributed by atoms with van der Waals surface area (Å²) in [6, 6.07) is 17.1. The molecule has 2 amide bonds. The van der Waals surface area contributed by atoms with Crippen LogP contribution in [-0.2, 0) is 4.79 Å². The van der Waals surface area contributed by atoms with Gasteiger partial charge in [0.05, 0.1) is 11.3 Å². The second kappa shape index (κ2) is 9.40. The zero-order valence-electron chi connectivity index (χ0n) is 18.3. The van der Waals surface area contributed by atoms with Crippen LogP contribution in [0.2, 0.25) is 0 Å². The molecule has 32 heavy (non-hydrogen) atoms. The van der Waals surface area contributed by atoms with Crippen molar-refractivity contribution in [2.24, 2.45) is 0 Å². The maximum Gasteiger partial charge on any atom is 0.253 e. The molecule has 0 unspecified atom stereocenters. The second-order valence-corrected chi connectivity index (χ2v) is 8.35. The Kier molecular flexibility index (Phi) is 6.41. The van der Waals surface area contributed by atoms with Gasteiger partial charge in [-0.15, -0.1) is 10.2 Å². The number of rotatable bonds is 7. The molecule has 0 spiro atoms. The molecule has 0 atom stereocenters. The number of aromatic nitrogens is 3. The van der Waals surface area contributed by atoms with Crippen LogP contribution in [0.15, 0.2) is 59.8 Å². The fourth-order valence-electron chi connectivity index (χ4n) is 3.68. The van der Waals surface area contributed by atoms with Crippen LogP contribution in [0.1, 0.15) is 29.8 Å². The van der Waals surface area contributed by atoms with Crippen molar-refractivity contribution >= 4 is 45.8 Å². The quantitative estimate of drug-likeness (QED) is 0.425. The van der Waals surface area contributed by atoms with Gasteiger partial charge in [0.25, 0.3) is 5.91 Å². The van der Waals surface area contributed by atoms with Crippen molar-refractivity contribution in [1.29, 1.82) is 0 Å². The smallest absolute Gasteiger partial charge is 0.253 e. The van der Waals surface area contributed by atoms with Gasteiger partial charge >= 0.3 is 0 Å². The molecular weight excluding hydrogens is 422 g/mol. The van der Waals surface area contributed by atoms with E-state index in [2.05, 4.69) is 28.5 Å². The minimum absolute atomic E-state index is 0.00965. The highest BCUT2D eigenvalue weighted by Gasteiger charge is 2.14. The van der Waals surface area contributed by atoms with Crippen LogP contribution >= 0.6 is 11.8 Å². The van der Waals surface area contributed by atoms with Gasteiger partial charge < -0.3 is 10.2 Å². The highest BCUT2D eigenvalue weighted by Crippen LogP contribution is 2.25. The molecule has 0 radical (unpaired) electrons. The topological polar surface area (TPSA) is 79.6 Å². The second-order valence-electron chi connectivity index (χ2n) is 7.41. The number of aryl methyl sites for hydroxylation is 1. The fourth-order valence-corrected chi connectivity index (χ4v) is 4.44. The SMILES string of the molecule is CCN(CC)C(=O)c1ccc(NC(=O)CSc2nnc3cc(C)c4ccccc4n23)cc1. The lowest BCUT2D eigenvalue weighted by molar-refractivity contribution is -0.113. The number of fused-ring (bicyclic) bond motifs is 3. The molecule has 2 heterocycles. The van der Waals surface area contributed by atoms with Crippen LogP contribution in [0.4, 0.5) is 5.69 Å². The van der Waals surface area contributed by atoms with Crippen LogP contribution in [0, 0.1) is 6.92 Å². The van der Waals surface area contributed by atoms with Crippen molar-refractivity contribution in [3.8, 4) is 0 Å². The molecule has 7 nitrogen and oxygen atoms in total. The van der Waals surface area contributed by atoms with Crippen molar-refractivity contribution in [2.45, 2.75) is 25.9 Å². The van der Waals surface area contributed by atoms with Gasteiger partial charge in [-0.2, -0.15) is 0 Å². The fraction of sp³-hybridized carbons (Fsp3) is 0.250. The Morgan fingerprint density at radius 2 is 1.75 bits per heavy atom. The standard InChI is InChI=1S/C24H25N5O2S/c1-4-28(5-2)23(31)17-10-12-18(13-11-17)25-22(30)15-32-24-27-26-21-14-16(3)19-8-6-7-9-20(19)29(21)24/h6-14H,4-5,15H2,1-3H3,(H,25,30). The number of pyridine rings is 1. The molecule has 0 saturated heterocycles. The number of benzene rings is 2. The van der Waals surface area contributed by atoms with Gasteiger partial charge in [-0.1, -0.05) is 30.0 Å². The number of hydrogen-bond acceptors (Lipinski definition) is 5. The number of carbonyl (C=O) groups excluding carboxylic acids is 2. The van der Waals surface area contributed by atoms with E-state index in [4.69, 9.17) is 0 Å². The van der Waals surface area contributed by atoms with Crippen molar-refractivity contribution in [2.75, 3.05) is 24.2 Å². The molecular formula is C24H25N5O2S. The summed E-state index contributed by atoms with van der Waals surface area (Å²) in [4.78, 5) is 26.7. The van der Waals surface area contributed by atoms with E-state index in [9.17, 15) is 9.59 Å². The van der Waals surface area contributed by atoms with Crippen LogP contribution in [0.3, 0.4) is 0 Å². The predicted molar refractivity (Wildman–Crippen MR) is 128 cm³/mol. The Balaban J connectivity index is 1.44. The molecule has 4 rings (SSSR count). The van der Waals surface area contributed by atoms with E-state index in [1.165, 1.54) is 11.8 Å². The van der Waals surface area contributed by atoms with Crippen molar-refractivity contribution in [3.05, 3.63) is 65.7 Å². The first-order valence-electron chi connectivity index (χ1n) is 10.6. The van der Waals surface area contributed by atoms with Crippen molar-refractivity contribution in [3.63, 3.8) is 0 Å². The maximum atomic E-state index is 12.5. The number of nitrogens with one attached hydrogen (secondary N) is 1. The van der Waals surface area contributed by atoms with Crippen molar-refractivity contribution in [1.82, 2.24) is 19.5 Å². The van der Waals surface area contributed by atoms with Gasteiger partial charge in [0, 0.05) is 29.7 Å². The van der Waals surface area contributed by atoms with Crippen molar-refractivity contribution < 1.29 is 9.59 Å². The third-order valence-corrected chi connectivity index (χ3v) is 6.30. The number of para-hydroxylation sites is 1. The Bertz CT molecular complexity index is 1280. The Hall–Kier alpha value is -3.39. The van der Waals surface area contributed by atoms with E-state index >= 15 is 0 Å². The summed E-state index contributed by atoms with van der Waals surface area (Å²) in [6.07, 6.45) is 0. The summed E-state index contributed by atoms with van der Waals surface area (Å²) in [5.41, 5.74) is 4.18. The number of anilines is 1. The summed E-state index contributed by atoms with van der Waals surface area (Å²) >= 11 is 1.34. The third kappa shape index (κ3) is 4.31. The highest BCUT2D eigenvalue weighted by molar-refractivity contribution is 7.99. The number of amides is 2. The highest BCUT2D eigenvalue weighted by atomic mass is 32.2. The monoisotopic (exact) mass is 447 g/mol. The molecule has 0 bridgehead atoms. The lowest BCUT2D eigenvalue weighted by atomic mass is 10.1. The number of carbonyl (C=O) groups is 2. The maximum absolute atomic E-state index is 12.5. The van der Waals surface area contributed by atoms with E-state index in [1.807, 2.05) is 42.5 Å². The summed E-state index contributed by atoms with van der Waals surface area (Å²) in [7, 11) is 0. The van der Waals surface area contributed by atoms with Crippen LogP contribution in [0.5, 0.6) is 0 Å². The lowest BCUT2D eigenvalue weighted by Gasteiger charge is -2.18. The summed E-state index contributed by atoms with van der Waals surface area (Å²) in [5, 5.41) is 13.2. The molecule has 0 aliphatic rings. The zero-order valence-corrected chi connectivity index (χ0v) is 19.1. The van der Waals surface area contributed by atoms with E-state index in [-0.39, 0.29) is 17.6 Å². The van der Waals surface area contributed by atoms with E-state index in [1.54, 1.807) is 29.2 Å². The number of thioether (sulfide) groups is 1. The molecule has 164 valence electrons. The summed E-state index contributed by atoms with van der Waals surface area (Å²) < 4.78 is 1.98. The van der Waals surface area contributed by atoms with Crippen LogP contribution < -0.4 is 5.32 Å². The molecule has 0 fully saturated rings. The minimum Gasteiger partial charge on any atom is -0.339 e. The molecule has 0 aliphatic carbocycles. The molecule has 4 aromatic rings. The third-order valence-electron chi connectivity index (χ3n) is 5.37. The van der Waals surface area contributed by atoms with E-state index in [0.29, 0.717) is 29.5 Å². The first-order valence-corrected chi connectivity index (χ1v) is 11.6. The molecule has 2 aromatic heterocycles. The van der Waals surface area contributed by atoms with Gasteiger partial charge in [-0.05, 0) is 62.7 Å². The molecule has 0 aliphatic heterocycles. The van der Waals surface area contributed by atoms with Crippen LogP contribution in [-0.4, -0.2) is 50.2 Å².